The number of methoxy groups -OCH3 is 1. The van der Waals surface area contributed by atoms with Crippen molar-refractivity contribution >= 4 is 17.9 Å². The van der Waals surface area contributed by atoms with Crippen LogP contribution in [0.15, 0.2) is 0 Å². The van der Waals surface area contributed by atoms with Gasteiger partial charge in [0.1, 0.15) is 43.5 Å². The maximum Gasteiger partial charge on any atom is 0.332 e. The van der Waals surface area contributed by atoms with Crippen LogP contribution in [-0.2, 0) is 38.1 Å². The van der Waals surface area contributed by atoms with Gasteiger partial charge in [0, 0.05) is 24.7 Å². The lowest BCUT2D eigenvalue weighted by Crippen LogP contribution is -2.68. The molecule has 0 spiro atoms. The molecule has 16 atom stereocenters. The number of hydrogen-bond donors (Lipinski definition) is 7. The molecule has 5 fully saturated rings. The van der Waals surface area contributed by atoms with Crippen LogP contribution in [-0.4, -0.2) is 152 Å². The van der Waals surface area contributed by atoms with Gasteiger partial charge >= 0.3 is 17.9 Å². The molecule has 8 N–H and O–H groups in total. The molecule has 11 unspecified atom stereocenters. The SMILES string of the molecule is COC(=O)CC(=O)OC[C@H]1O[C@@H](OC2C3CC(C(=O)O)OC4CC(O)CC([OH+]C2C2CCC(O)C(O)C2)C43)[C@H](O)[C@@H](O)[C@@H]1O. The van der Waals surface area contributed by atoms with E-state index in [0.717, 1.165) is 7.11 Å². The predicted octanol–water partition coefficient (Wildman–Crippen LogP) is -3.28. The topological polar surface area (TPSA) is 252 Å². The second kappa shape index (κ2) is 13.8. The lowest BCUT2D eigenvalue weighted by atomic mass is 9.64. The molecule has 250 valence electrons. The number of aliphatic hydroxyl groups excluding tert-OH is 6. The van der Waals surface area contributed by atoms with E-state index >= 15 is 0 Å². The van der Waals surface area contributed by atoms with Crippen LogP contribution in [0.5, 0.6) is 0 Å². The van der Waals surface area contributed by atoms with Crippen LogP contribution in [0.1, 0.15) is 44.9 Å². The maximum absolute atomic E-state index is 12.1. The highest BCUT2D eigenvalue weighted by Gasteiger charge is 2.62. The Bertz CT molecular complexity index is 1040. The Morgan fingerprint density at radius 1 is 0.864 bits per heavy atom. The number of hydrogen-bond acceptors (Lipinski definition) is 14. The summed E-state index contributed by atoms with van der Waals surface area (Å²) in [5.74, 6) is -4.14. The van der Waals surface area contributed by atoms with E-state index in [4.69, 9.17) is 23.7 Å². The van der Waals surface area contributed by atoms with Gasteiger partial charge in [0.25, 0.3) is 0 Å². The minimum absolute atomic E-state index is 0.0280. The van der Waals surface area contributed by atoms with Crippen molar-refractivity contribution in [2.24, 2.45) is 17.8 Å². The molecule has 0 radical (unpaired) electrons. The number of carbonyl (C=O) groups excluding carboxylic acids is 2. The Hall–Kier alpha value is -1.99. The van der Waals surface area contributed by atoms with E-state index in [1.807, 2.05) is 0 Å². The van der Waals surface area contributed by atoms with Crippen molar-refractivity contribution in [3.63, 3.8) is 0 Å². The molecule has 0 aromatic heterocycles. The van der Waals surface area contributed by atoms with Crippen LogP contribution in [0.25, 0.3) is 0 Å². The number of rotatable bonds is 8. The van der Waals surface area contributed by atoms with Crippen LogP contribution >= 0.6 is 0 Å². The van der Waals surface area contributed by atoms with Gasteiger partial charge in [-0.3, -0.25) is 9.59 Å². The average Bonchev–Trinajstić information content (AvgIpc) is 2.98. The molecule has 5 aliphatic rings. The third kappa shape index (κ3) is 6.89. The van der Waals surface area contributed by atoms with Crippen molar-refractivity contribution in [2.45, 2.75) is 124 Å². The summed E-state index contributed by atoms with van der Waals surface area (Å²) in [7, 11) is 1.10. The van der Waals surface area contributed by atoms with Crippen molar-refractivity contribution in [1.29, 1.82) is 0 Å². The largest absolute Gasteiger partial charge is 0.479 e. The molecule has 16 heteroatoms. The first kappa shape index (κ1) is 33.4. The van der Waals surface area contributed by atoms with Crippen molar-refractivity contribution in [3.05, 3.63) is 0 Å². The molecule has 0 aromatic rings. The minimum Gasteiger partial charge on any atom is -0.479 e. The third-order valence-electron chi connectivity index (χ3n) is 9.80. The number of carboxylic acid groups (broad SMARTS) is 1. The molecule has 16 nitrogen and oxygen atoms in total. The Balaban J connectivity index is 1.41. The van der Waals surface area contributed by atoms with Gasteiger partial charge in [-0.1, -0.05) is 0 Å². The number of carboxylic acids is 1. The number of aliphatic hydroxyl groups is 8. The highest BCUT2D eigenvalue weighted by molar-refractivity contribution is 5.91. The Labute approximate surface area is 252 Å². The summed E-state index contributed by atoms with van der Waals surface area (Å²) < 4.78 is 32.6. The zero-order valence-electron chi connectivity index (χ0n) is 24.2. The monoisotopic (exact) mass is 635 g/mol. The molecule has 0 amide bonds. The summed E-state index contributed by atoms with van der Waals surface area (Å²) in [5.41, 5.74) is 0. The predicted molar refractivity (Wildman–Crippen MR) is 141 cm³/mol. The van der Waals surface area contributed by atoms with E-state index in [1.165, 1.54) is 0 Å². The summed E-state index contributed by atoms with van der Waals surface area (Å²) in [6.07, 6.45) is -13.9. The van der Waals surface area contributed by atoms with Crippen molar-refractivity contribution < 1.29 is 78.6 Å². The van der Waals surface area contributed by atoms with Gasteiger partial charge in [-0.05, 0) is 25.7 Å². The van der Waals surface area contributed by atoms with Gasteiger partial charge in [-0.2, -0.15) is 0 Å². The van der Waals surface area contributed by atoms with Gasteiger partial charge in [-0.25, -0.2) is 4.79 Å². The fourth-order valence-electron chi connectivity index (χ4n) is 7.60. The van der Waals surface area contributed by atoms with Gasteiger partial charge in [-0.15, -0.1) is 0 Å². The summed E-state index contributed by atoms with van der Waals surface area (Å²) >= 11 is 0. The highest BCUT2D eigenvalue weighted by atomic mass is 16.7. The lowest BCUT2D eigenvalue weighted by molar-refractivity contribution is -0.379. The van der Waals surface area contributed by atoms with E-state index in [9.17, 15) is 50.1 Å². The fraction of sp³-hybridized carbons (Fsp3) is 0.893. The summed E-state index contributed by atoms with van der Waals surface area (Å²) in [6.45, 7) is -0.588. The molecule has 3 aliphatic heterocycles. The minimum atomic E-state index is -1.78. The van der Waals surface area contributed by atoms with Crippen LogP contribution in [0.4, 0.5) is 0 Å². The molecule has 2 aliphatic carbocycles. The Kier molecular flexibility index (Phi) is 10.5. The van der Waals surface area contributed by atoms with E-state index in [-0.39, 0.29) is 31.1 Å². The van der Waals surface area contributed by atoms with Crippen LogP contribution in [0.3, 0.4) is 0 Å². The molecule has 44 heavy (non-hydrogen) atoms. The average molecular weight is 636 g/mol. The van der Waals surface area contributed by atoms with Gasteiger partial charge in [0.2, 0.25) is 0 Å². The molecular weight excluding hydrogens is 592 g/mol. The standard InChI is InChI=1S/C28H42O16/c1-39-19(32)8-20(33)40-9-18-22(34)23(35)24(36)28(43-18)44-26-12-7-17(27(37)38)41-15-5-11(29)6-16(21(12)15)42-25(26)10-2-3-13(30)14(31)4-10/h10-18,21-26,28-31,34-36H,2-9H2,1H3,(H,37,38)/p+1/t10?,11?,12?,13?,14?,15?,16?,17?,18-,21?,22-,23+,24-,25?,26?,28+/m1/s1. The smallest absolute Gasteiger partial charge is 0.332 e. The number of aliphatic carboxylic acids is 1. The van der Waals surface area contributed by atoms with Crippen LogP contribution in [0, 0.1) is 17.8 Å². The molecule has 2 saturated carbocycles. The molecule has 3 saturated heterocycles. The van der Waals surface area contributed by atoms with Crippen LogP contribution < -0.4 is 0 Å². The summed E-state index contributed by atoms with van der Waals surface area (Å²) in [6, 6.07) is 0. The van der Waals surface area contributed by atoms with Gasteiger partial charge < -0.3 is 64.2 Å². The highest BCUT2D eigenvalue weighted by Crippen LogP contribution is 2.50. The third-order valence-corrected chi connectivity index (χ3v) is 9.80. The second-order valence-electron chi connectivity index (χ2n) is 12.6. The van der Waals surface area contributed by atoms with Crippen molar-refractivity contribution in [3.8, 4) is 0 Å². The van der Waals surface area contributed by atoms with E-state index in [0.29, 0.717) is 19.3 Å². The van der Waals surface area contributed by atoms with Gasteiger partial charge in [0.15, 0.2) is 24.6 Å². The number of ether oxygens (including phenoxy) is 6. The van der Waals surface area contributed by atoms with Crippen molar-refractivity contribution in [1.82, 2.24) is 0 Å². The molecule has 0 aromatic carbocycles. The van der Waals surface area contributed by atoms with E-state index in [2.05, 4.69) is 4.74 Å². The lowest BCUT2D eigenvalue weighted by Gasteiger charge is -2.55. The zero-order chi connectivity index (χ0) is 31.9. The van der Waals surface area contributed by atoms with Crippen LogP contribution in [0.2, 0.25) is 0 Å². The first-order chi connectivity index (χ1) is 20.9. The Morgan fingerprint density at radius 2 is 1.61 bits per heavy atom. The summed E-state index contributed by atoms with van der Waals surface area (Å²) in [4.78, 5) is 35.5. The molecule has 3 heterocycles. The molecule has 5 rings (SSSR count). The van der Waals surface area contributed by atoms with Crippen molar-refractivity contribution in [2.75, 3.05) is 13.7 Å². The fourth-order valence-corrected chi connectivity index (χ4v) is 7.60. The normalized spacial score (nSPS) is 47.2. The molecule has 0 bridgehead atoms. The first-order valence-electron chi connectivity index (χ1n) is 15.1. The maximum atomic E-state index is 12.1. The quantitative estimate of drug-likeness (QED) is 0.0784. The van der Waals surface area contributed by atoms with E-state index < -0.39 is 116 Å². The molecular formula is C28H43O16+. The Morgan fingerprint density at radius 3 is 2.30 bits per heavy atom. The second-order valence-corrected chi connectivity index (χ2v) is 12.6. The summed E-state index contributed by atoms with van der Waals surface area (Å²) in [5, 5.41) is 73.3. The van der Waals surface area contributed by atoms with Gasteiger partial charge in [0.05, 0.1) is 37.4 Å². The number of esters is 2. The number of carbonyl (C=O) groups is 3. The zero-order valence-corrected chi connectivity index (χ0v) is 24.2. The first-order valence-corrected chi connectivity index (χ1v) is 15.1. The van der Waals surface area contributed by atoms with E-state index in [1.54, 1.807) is 0 Å².